The molecule has 3 aromatic heterocycles. The van der Waals surface area contributed by atoms with E-state index in [1.165, 1.54) is 0 Å². The van der Waals surface area contributed by atoms with Crippen molar-refractivity contribution in [2.45, 2.75) is 19.1 Å². The molecule has 0 aliphatic heterocycles. The van der Waals surface area contributed by atoms with Gasteiger partial charge < -0.3 is 9.55 Å². The number of nitrogens with one attached hydrogen (secondary N) is 2. The second kappa shape index (κ2) is 7.45. The van der Waals surface area contributed by atoms with Crippen molar-refractivity contribution >= 4 is 37.9 Å². The Morgan fingerprint density at radius 2 is 1.91 bits per heavy atom. The van der Waals surface area contributed by atoms with Crippen LogP contribution in [0.4, 0.5) is 5.69 Å². The van der Waals surface area contributed by atoms with E-state index in [0.717, 1.165) is 33.2 Å². The van der Waals surface area contributed by atoms with E-state index >= 15 is 0 Å². The third kappa shape index (κ3) is 3.50. The summed E-state index contributed by atoms with van der Waals surface area (Å²) in [5.41, 5.74) is 7.28. The highest BCUT2D eigenvalue weighted by Crippen LogP contribution is 2.31. The van der Waals surface area contributed by atoms with Gasteiger partial charge in [0.1, 0.15) is 5.52 Å². The Morgan fingerprint density at radius 3 is 2.72 bits per heavy atom. The van der Waals surface area contributed by atoms with Gasteiger partial charge >= 0.3 is 0 Å². The monoisotopic (exact) mass is 446 g/mol. The van der Waals surface area contributed by atoms with E-state index in [1.54, 1.807) is 44.6 Å². The van der Waals surface area contributed by atoms with Crippen LogP contribution in [0.2, 0.25) is 0 Å². The van der Waals surface area contributed by atoms with Crippen LogP contribution in [-0.2, 0) is 17.1 Å². The lowest BCUT2D eigenvalue weighted by Gasteiger charge is -2.11. The van der Waals surface area contributed by atoms with E-state index < -0.39 is 15.3 Å². The number of hydrogen-bond acceptors (Lipinski definition) is 5. The van der Waals surface area contributed by atoms with Gasteiger partial charge in [-0.05, 0) is 43.7 Å². The smallest absolute Gasteiger partial charge is 0.235 e. The lowest BCUT2D eigenvalue weighted by molar-refractivity contribution is 0.593. The molecule has 5 rings (SSSR count). The molecule has 0 spiro atoms. The van der Waals surface area contributed by atoms with Crippen LogP contribution >= 0.6 is 0 Å². The first-order valence-corrected chi connectivity index (χ1v) is 11.7. The van der Waals surface area contributed by atoms with Crippen molar-refractivity contribution in [3.05, 3.63) is 61.2 Å². The van der Waals surface area contributed by atoms with Gasteiger partial charge in [-0.3, -0.25) is 4.72 Å². The molecule has 0 unspecified atom stereocenters. The first kappa shape index (κ1) is 20.2. The Hall–Kier alpha value is -3.72. The van der Waals surface area contributed by atoms with Crippen LogP contribution in [0.3, 0.4) is 0 Å². The predicted molar refractivity (Wildman–Crippen MR) is 127 cm³/mol. The van der Waals surface area contributed by atoms with E-state index in [0.29, 0.717) is 17.0 Å². The Kier molecular flexibility index (Phi) is 4.70. The summed E-state index contributed by atoms with van der Waals surface area (Å²) in [6.45, 7) is 3.28. The summed E-state index contributed by atoms with van der Waals surface area (Å²) in [5, 5.41) is -0.526. The lowest BCUT2D eigenvalue weighted by Crippen LogP contribution is -2.22. The average molecular weight is 447 g/mol. The maximum Gasteiger partial charge on any atom is 0.235 e. The molecular weight excluding hydrogens is 424 g/mol. The van der Waals surface area contributed by atoms with Gasteiger partial charge in [0.25, 0.3) is 0 Å². The van der Waals surface area contributed by atoms with Crippen LogP contribution in [0.1, 0.15) is 13.8 Å². The van der Waals surface area contributed by atoms with E-state index in [-0.39, 0.29) is 0 Å². The molecule has 32 heavy (non-hydrogen) atoms. The number of imidazole rings is 1. The number of H-pyrrole nitrogens is 1. The molecule has 162 valence electrons. The average Bonchev–Trinajstić information content (AvgIpc) is 3.36. The van der Waals surface area contributed by atoms with E-state index in [9.17, 15) is 8.42 Å². The molecular formula is C23H22N6O2S. The van der Waals surface area contributed by atoms with Crippen molar-refractivity contribution in [3.63, 3.8) is 0 Å². The van der Waals surface area contributed by atoms with Crippen molar-refractivity contribution in [2.24, 2.45) is 7.05 Å². The maximum atomic E-state index is 12.2. The Labute approximate surface area is 185 Å². The van der Waals surface area contributed by atoms with Gasteiger partial charge in [-0.2, -0.15) is 0 Å². The van der Waals surface area contributed by atoms with Crippen LogP contribution in [0, 0.1) is 0 Å². The summed E-state index contributed by atoms with van der Waals surface area (Å²) < 4.78 is 29.1. The third-order valence-electron chi connectivity index (χ3n) is 5.46. The molecule has 0 radical (unpaired) electrons. The number of benzene rings is 2. The molecule has 0 amide bonds. The van der Waals surface area contributed by atoms with Crippen LogP contribution in [-0.4, -0.2) is 38.2 Å². The zero-order valence-corrected chi connectivity index (χ0v) is 18.7. The minimum Gasteiger partial charge on any atom is -0.344 e. The number of rotatable bonds is 5. The zero-order valence-electron chi connectivity index (χ0n) is 17.9. The second-order valence-corrected chi connectivity index (χ2v) is 10.2. The Balaban J connectivity index is 1.57. The first-order valence-electron chi connectivity index (χ1n) is 10.2. The normalized spacial score (nSPS) is 12.1. The standard InChI is InChI=1S/C23H22N6O2S/c1-14(2)32(30,31)28-17-6-4-5-16(9-17)20-12-25-23-22(27-20)18(11-24-23)15-7-8-19-21(10-15)29(3)13-26-19/h4-14,28H,1-3H3,(H,24,25). The fourth-order valence-corrected chi connectivity index (χ4v) is 4.26. The molecule has 0 bridgehead atoms. The molecule has 2 aromatic carbocycles. The molecule has 0 atom stereocenters. The molecule has 8 nitrogen and oxygen atoms in total. The fourth-order valence-electron chi connectivity index (χ4n) is 3.57. The second-order valence-electron chi connectivity index (χ2n) is 7.99. The van der Waals surface area contributed by atoms with Crippen molar-refractivity contribution in [1.29, 1.82) is 0 Å². The highest BCUT2D eigenvalue weighted by atomic mass is 32.2. The van der Waals surface area contributed by atoms with E-state index in [1.807, 2.05) is 36.0 Å². The minimum absolute atomic E-state index is 0.494. The zero-order chi connectivity index (χ0) is 22.5. The number of anilines is 1. The van der Waals surface area contributed by atoms with Gasteiger partial charge in [0, 0.05) is 30.1 Å². The number of hydrogen-bond donors (Lipinski definition) is 2. The molecule has 0 aliphatic rings. The summed E-state index contributed by atoms with van der Waals surface area (Å²) in [7, 11) is -1.47. The number of fused-ring (bicyclic) bond motifs is 2. The number of aryl methyl sites for hydroxylation is 1. The van der Waals surface area contributed by atoms with Gasteiger partial charge in [-0.25, -0.2) is 23.4 Å². The number of aromatic amines is 1. The highest BCUT2D eigenvalue weighted by Gasteiger charge is 2.16. The largest absolute Gasteiger partial charge is 0.344 e. The maximum absolute atomic E-state index is 12.2. The van der Waals surface area contributed by atoms with Crippen LogP contribution in [0.5, 0.6) is 0 Å². The van der Waals surface area contributed by atoms with Crippen LogP contribution < -0.4 is 4.72 Å². The summed E-state index contributed by atoms with van der Waals surface area (Å²) in [6.07, 6.45) is 5.38. The van der Waals surface area contributed by atoms with Gasteiger partial charge in [0.2, 0.25) is 10.0 Å². The summed E-state index contributed by atoms with van der Waals surface area (Å²) in [4.78, 5) is 17.0. The summed E-state index contributed by atoms with van der Waals surface area (Å²) in [5.74, 6) is 0. The van der Waals surface area contributed by atoms with Gasteiger partial charge in [0.05, 0.1) is 34.5 Å². The Morgan fingerprint density at radius 1 is 1.06 bits per heavy atom. The van der Waals surface area contributed by atoms with Crippen molar-refractivity contribution in [1.82, 2.24) is 24.5 Å². The molecule has 2 N–H and O–H groups in total. The third-order valence-corrected chi connectivity index (χ3v) is 7.22. The highest BCUT2D eigenvalue weighted by molar-refractivity contribution is 7.93. The molecule has 5 aromatic rings. The van der Waals surface area contributed by atoms with Crippen molar-refractivity contribution in [2.75, 3.05) is 4.72 Å². The predicted octanol–water partition coefficient (Wildman–Crippen LogP) is 4.33. The molecule has 0 fully saturated rings. The molecule has 3 heterocycles. The summed E-state index contributed by atoms with van der Waals surface area (Å²) in [6, 6.07) is 13.3. The first-order chi connectivity index (χ1) is 15.3. The molecule has 0 saturated heterocycles. The van der Waals surface area contributed by atoms with Gasteiger partial charge in [-0.1, -0.05) is 18.2 Å². The summed E-state index contributed by atoms with van der Waals surface area (Å²) >= 11 is 0. The molecule has 9 heteroatoms. The van der Waals surface area contributed by atoms with Crippen molar-refractivity contribution in [3.8, 4) is 22.4 Å². The van der Waals surface area contributed by atoms with Crippen molar-refractivity contribution < 1.29 is 8.42 Å². The van der Waals surface area contributed by atoms with Crippen LogP contribution in [0.25, 0.3) is 44.6 Å². The number of sulfonamides is 1. The number of aromatic nitrogens is 5. The van der Waals surface area contributed by atoms with Gasteiger partial charge in [0.15, 0.2) is 5.65 Å². The topological polar surface area (TPSA) is 106 Å². The quantitative estimate of drug-likeness (QED) is 0.418. The van der Waals surface area contributed by atoms with E-state index in [4.69, 9.17) is 4.98 Å². The molecule has 0 aliphatic carbocycles. The fraction of sp³-hybridized carbons (Fsp3) is 0.174. The Bertz CT molecular complexity index is 1570. The van der Waals surface area contributed by atoms with Crippen LogP contribution in [0.15, 0.2) is 61.2 Å². The van der Waals surface area contributed by atoms with Gasteiger partial charge in [-0.15, -0.1) is 0 Å². The SMILES string of the molecule is CC(C)S(=O)(=O)Nc1cccc(-c2cnc3[nH]cc(-c4ccc5ncn(C)c5c4)c3n2)c1. The number of nitrogens with zero attached hydrogens (tertiary/aromatic N) is 4. The minimum atomic E-state index is -3.43. The molecule has 0 saturated carbocycles. The lowest BCUT2D eigenvalue weighted by atomic mass is 10.1. The van der Waals surface area contributed by atoms with E-state index in [2.05, 4.69) is 25.7 Å².